The average Bonchev–Trinajstić information content (AvgIpc) is 2.43. The number of ether oxygens (including phenoxy) is 1. The highest BCUT2D eigenvalue weighted by Gasteiger charge is 1.98. The molecule has 2 aromatic carbocycles. The molecule has 2 rings (SSSR count). The summed E-state index contributed by atoms with van der Waals surface area (Å²) in [6.45, 7) is 0.495. The number of benzene rings is 2. The van der Waals surface area contributed by atoms with Crippen molar-refractivity contribution in [2.45, 2.75) is 6.61 Å². The van der Waals surface area contributed by atoms with Crippen molar-refractivity contribution in [2.24, 2.45) is 5.10 Å². The third kappa shape index (κ3) is 4.59. The topological polar surface area (TPSA) is 24.8 Å². The predicted molar refractivity (Wildman–Crippen MR) is 83.5 cm³/mol. The summed E-state index contributed by atoms with van der Waals surface area (Å²) >= 11 is 5.95. The molecule has 0 amide bonds. The van der Waals surface area contributed by atoms with Crippen LogP contribution in [0, 0.1) is 0 Å². The van der Waals surface area contributed by atoms with E-state index in [1.807, 2.05) is 62.6 Å². The molecule has 0 aromatic heterocycles. The molecule has 0 atom stereocenters. The Kier molecular flexibility index (Phi) is 5.02. The molecule has 0 N–H and O–H groups in total. The lowest BCUT2D eigenvalue weighted by atomic mass is 10.2. The fourth-order valence-electron chi connectivity index (χ4n) is 1.66. The van der Waals surface area contributed by atoms with Crippen LogP contribution in [0.4, 0.5) is 0 Å². The molecule has 0 fully saturated rings. The van der Waals surface area contributed by atoms with Gasteiger partial charge in [0.2, 0.25) is 0 Å². The summed E-state index contributed by atoms with van der Waals surface area (Å²) in [5.74, 6) is 0.813. The van der Waals surface area contributed by atoms with Crippen molar-refractivity contribution in [3.63, 3.8) is 0 Å². The van der Waals surface area contributed by atoms with Crippen LogP contribution in [0.5, 0.6) is 5.75 Å². The lowest BCUT2D eigenvalue weighted by molar-refractivity contribution is 0.306. The summed E-state index contributed by atoms with van der Waals surface area (Å²) in [7, 11) is 3.77. The van der Waals surface area contributed by atoms with Gasteiger partial charge in [0.1, 0.15) is 12.4 Å². The maximum atomic E-state index is 5.95. The minimum absolute atomic E-state index is 0.495. The van der Waals surface area contributed by atoms with Crippen molar-refractivity contribution >= 4 is 17.8 Å². The lowest BCUT2D eigenvalue weighted by Crippen LogP contribution is -2.02. The molecule has 0 unspecified atom stereocenters. The highest BCUT2D eigenvalue weighted by Crippen LogP contribution is 2.16. The first-order chi connectivity index (χ1) is 9.63. The quantitative estimate of drug-likeness (QED) is 0.617. The summed E-state index contributed by atoms with van der Waals surface area (Å²) < 4.78 is 5.76. The van der Waals surface area contributed by atoms with Crippen LogP contribution in [0.25, 0.3) is 0 Å². The van der Waals surface area contributed by atoms with E-state index in [0.29, 0.717) is 6.61 Å². The highest BCUT2D eigenvalue weighted by molar-refractivity contribution is 6.30. The number of hydrazone groups is 1. The molecule has 0 aliphatic heterocycles. The minimum atomic E-state index is 0.495. The number of hydrogen-bond donors (Lipinski definition) is 0. The SMILES string of the molecule is CN(C)/N=C/c1cccc(OCc2cccc(Cl)c2)c1. The maximum absolute atomic E-state index is 5.95. The maximum Gasteiger partial charge on any atom is 0.120 e. The van der Waals surface area contributed by atoms with E-state index >= 15 is 0 Å². The molecule has 0 aliphatic rings. The van der Waals surface area contributed by atoms with E-state index in [1.54, 1.807) is 11.2 Å². The largest absolute Gasteiger partial charge is 0.489 e. The van der Waals surface area contributed by atoms with Crippen LogP contribution in [0.2, 0.25) is 5.02 Å². The molecule has 0 bridgehead atoms. The van der Waals surface area contributed by atoms with Gasteiger partial charge >= 0.3 is 0 Å². The first-order valence-corrected chi connectivity index (χ1v) is 6.70. The van der Waals surface area contributed by atoms with Gasteiger partial charge in [0.25, 0.3) is 0 Å². The summed E-state index contributed by atoms with van der Waals surface area (Å²) in [6.07, 6.45) is 1.80. The average molecular weight is 289 g/mol. The molecule has 104 valence electrons. The molecule has 0 saturated carbocycles. The minimum Gasteiger partial charge on any atom is -0.489 e. The molecule has 0 saturated heterocycles. The third-order valence-corrected chi connectivity index (χ3v) is 2.83. The van der Waals surface area contributed by atoms with E-state index in [0.717, 1.165) is 21.9 Å². The molecule has 20 heavy (non-hydrogen) atoms. The molecule has 0 heterocycles. The van der Waals surface area contributed by atoms with E-state index in [-0.39, 0.29) is 0 Å². The van der Waals surface area contributed by atoms with Crippen LogP contribution < -0.4 is 4.74 Å². The Labute approximate surface area is 124 Å². The second-order valence-electron chi connectivity index (χ2n) is 4.58. The monoisotopic (exact) mass is 288 g/mol. The Balaban J connectivity index is 2.01. The second kappa shape index (κ2) is 6.96. The van der Waals surface area contributed by atoms with Gasteiger partial charge < -0.3 is 9.75 Å². The Hall–Kier alpha value is -2.00. The standard InChI is InChI=1S/C16H17ClN2O/c1-19(2)18-11-13-5-4-8-16(10-13)20-12-14-6-3-7-15(17)9-14/h3-11H,12H2,1-2H3/b18-11+. The van der Waals surface area contributed by atoms with Gasteiger partial charge in [-0.1, -0.05) is 35.9 Å². The number of hydrogen-bond acceptors (Lipinski definition) is 3. The second-order valence-corrected chi connectivity index (χ2v) is 5.02. The number of nitrogens with zero attached hydrogens (tertiary/aromatic N) is 2. The Morgan fingerprint density at radius 3 is 2.70 bits per heavy atom. The van der Waals surface area contributed by atoms with Gasteiger partial charge in [0.15, 0.2) is 0 Å². The lowest BCUT2D eigenvalue weighted by Gasteiger charge is -2.07. The van der Waals surface area contributed by atoms with Gasteiger partial charge in [-0.05, 0) is 35.4 Å². The van der Waals surface area contributed by atoms with Crippen LogP contribution >= 0.6 is 11.6 Å². The van der Waals surface area contributed by atoms with Crippen molar-refractivity contribution in [1.29, 1.82) is 0 Å². The molecule has 0 aliphatic carbocycles. The van der Waals surface area contributed by atoms with E-state index in [4.69, 9.17) is 16.3 Å². The Morgan fingerprint density at radius 2 is 1.95 bits per heavy atom. The number of halogens is 1. The third-order valence-electron chi connectivity index (χ3n) is 2.59. The fraction of sp³-hybridized carbons (Fsp3) is 0.188. The van der Waals surface area contributed by atoms with E-state index in [2.05, 4.69) is 5.10 Å². The van der Waals surface area contributed by atoms with Crippen LogP contribution in [0.3, 0.4) is 0 Å². The molecule has 0 spiro atoms. The summed E-state index contributed by atoms with van der Waals surface area (Å²) in [5, 5.41) is 6.67. The van der Waals surface area contributed by atoms with Crippen LogP contribution in [0.15, 0.2) is 53.6 Å². The fourth-order valence-corrected chi connectivity index (χ4v) is 1.87. The zero-order chi connectivity index (χ0) is 14.4. The predicted octanol–water partition coefficient (Wildman–Crippen LogP) is 3.81. The first kappa shape index (κ1) is 14.4. The van der Waals surface area contributed by atoms with Crippen molar-refractivity contribution in [2.75, 3.05) is 14.1 Å². The van der Waals surface area contributed by atoms with Gasteiger partial charge in [0.05, 0.1) is 6.21 Å². The highest BCUT2D eigenvalue weighted by atomic mass is 35.5. The molecule has 0 radical (unpaired) electrons. The van der Waals surface area contributed by atoms with Crippen LogP contribution in [-0.4, -0.2) is 25.3 Å². The van der Waals surface area contributed by atoms with E-state index in [1.165, 1.54) is 0 Å². The molecule has 3 nitrogen and oxygen atoms in total. The summed E-state index contributed by atoms with van der Waals surface area (Å²) in [5.41, 5.74) is 2.05. The zero-order valence-electron chi connectivity index (χ0n) is 11.6. The van der Waals surface area contributed by atoms with Crippen molar-refractivity contribution in [3.8, 4) is 5.75 Å². The summed E-state index contributed by atoms with van der Waals surface area (Å²) in [6, 6.07) is 15.5. The van der Waals surface area contributed by atoms with E-state index < -0.39 is 0 Å². The van der Waals surface area contributed by atoms with Crippen LogP contribution in [0.1, 0.15) is 11.1 Å². The number of rotatable bonds is 5. The van der Waals surface area contributed by atoms with Gasteiger partial charge in [-0.3, -0.25) is 0 Å². The van der Waals surface area contributed by atoms with Crippen molar-refractivity contribution in [3.05, 3.63) is 64.7 Å². The Bertz CT molecular complexity index is 597. The molecule has 4 heteroatoms. The zero-order valence-corrected chi connectivity index (χ0v) is 12.3. The first-order valence-electron chi connectivity index (χ1n) is 6.32. The molecular weight excluding hydrogens is 272 g/mol. The van der Waals surface area contributed by atoms with Gasteiger partial charge in [-0.25, -0.2) is 0 Å². The smallest absolute Gasteiger partial charge is 0.120 e. The van der Waals surface area contributed by atoms with Gasteiger partial charge in [0, 0.05) is 19.1 Å². The normalized spacial score (nSPS) is 10.8. The van der Waals surface area contributed by atoms with Gasteiger partial charge in [-0.2, -0.15) is 5.10 Å². The van der Waals surface area contributed by atoms with Crippen LogP contribution in [-0.2, 0) is 6.61 Å². The van der Waals surface area contributed by atoms with Crippen molar-refractivity contribution in [1.82, 2.24) is 5.01 Å². The van der Waals surface area contributed by atoms with Crippen molar-refractivity contribution < 1.29 is 4.74 Å². The summed E-state index contributed by atoms with van der Waals surface area (Å²) in [4.78, 5) is 0. The Morgan fingerprint density at radius 1 is 1.15 bits per heavy atom. The molecular formula is C16H17ClN2O. The van der Waals surface area contributed by atoms with Gasteiger partial charge in [-0.15, -0.1) is 0 Å². The van der Waals surface area contributed by atoms with E-state index in [9.17, 15) is 0 Å². The molecule has 2 aromatic rings.